The van der Waals surface area contributed by atoms with Gasteiger partial charge < -0.3 is 0 Å². The minimum absolute atomic E-state index is 0.0142. The van der Waals surface area contributed by atoms with E-state index in [1.165, 1.54) is 24.3 Å². The molecule has 0 aliphatic rings. The van der Waals surface area contributed by atoms with E-state index in [9.17, 15) is 17.0 Å². The fourth-order valence-corrected chi connectivity index (χ4v) is 3.65. The molecule has 27 heavy (non-hydrogen) atoms. The number of hydrogen-bond donors (Lipinski definition) is 3. The molecule has 0 atom stereocenters. The SMILES string of the molecule is CC(C)(C)c1cc(N=Nc2ccc([As](=O)(O)O)cc2)c(O)c(C(C)(C)C)c1. The first-order chi connectivity index (χ1) is 12.2. The zero-order valence-electron chi connectivity index (χ0n) is 16.6. The van der Waals surface area contributed by atoms with Gasteiger partial charge in [0, 0.05) is 0 Å². The molecule has 0 fully saturated rings. The quantitative estimate of drug-likeness (QED) is 0.503. The topological polar surface area (TPSA) is 102 Å². The van der Waals surface area contributed by atoms with E-state index in [-0.39, 0.29) is 20.9 Å². The second-order valence-corrected chi connectivity index (χ2v) is 12.0. The number of azo groups is 1. The van der Waals surface area contributed by atoms with Gasteiger partial charge >= 0.3 is 163 Å². The number of benzene rings is 2. The molecule has 0 unspecified atom stereocenters. The van der Waals surface area contributed by atoms with Crippen molar-refractivity contribution < 1.29 is 17.0 Å². The summed E-state index contributed by atoms with van der Waals surface area (Å²) in [6, 6.07) is 9.51. The van der Waals surface area contributed by atoms with Crippen molar-refractivity contribution >= 4 is 29.9 Å². The molecule has 0 saturated heterocycles. The van der Waals surface area contributed by atoms with Gasteiger partial charge in [0.2, 0.25) is 0 Å². The molecule has 0 bridgehead atoms. The Hall–Kier alpha value is -1.88. The number of phenolic OH excluding ortho intramolecular Hbond substituents is 1. The summed E-state index contributed by atoms with van der Waals surface area (Å²) in [6.07, 6.45) is 0. The van der Waals surface area contributed by atoms with Crippen molar-refractivity contribution in [3.63, 3.8) is 0 Å². The van der Waals surface area contributed by atoms with Crippen molar-refractivity contribution in [2.75, 3.05) is 0 Å². The number of hydrogen-bond acceptors (Lipinski definition) is 4. The Kier molecular flexibility index (Phi) is 5.76. The van der Waals surface area contributed by atoms with Crippen LogP contribution in [0, 0.1) is 0 Å². The van der Waals surface area contributed by atoms with Crippen LogP contribution in [-0.4, -0.2) is 27.5 Å². The van der Waals surface area contributed by atoms with E-state index < -0.39 is 14.2 Å². The maximum atomic E-state index is 11.3. The van der Waals surface area contributed by atoms with E-state index in [4.69, 9.17) is 0 Å². The van der Waals surface area contributed by atoms with Crippen LogP contribution in [0.4, 0.5) is 11.4 Å². The van der Waals surface area contributed by atoms with Crippen LogP contribution in [0.25, 0.3) is 0 Å². The van der Waals surface area contributed by atoms with Crippen LogP contribution in [0.1, 0.15) is 52.7 Å². The second-order valence-electron chi connectivity index (χ2n) is 8.65. The minimum atomic E-state index is -4.91. The summed E-state index contributed by atoms with van der Waals surface area (Å²) in [5, 5.41) is 19.0. The van der Waals surface area contributed by atoms with Gasteiger partial charge in [0.05, 0.1) is 0 Å². The fraction of sp³-hybridized carbons (Fsp3) is 0.400. The molecular weight excluding hydrogens is 407 g/mol. The van der Waals surface area contributed by atoms with E-state index in [0.29, 0.717) is 11.4 Å². The van der Waals surface area contributed by atoms with Crippen molar-refractivity contribution in [2.45, 2.75) is 52.4 Å². The second kappa shape index (κ2) is 7.27. The van der Waals surface area contributed by atoms with Gasteiger partial charge in [-0.15, -0.1) is 0 Å². The predicted molar refractivity (Wildman–Crippen MR) is 107 cm³/mol. The third-order valence-corrected chi connectivity index (χ3v) is 6.26. The Morgan fingerprint density at radius 1 is 0.852 bits per heavy atom. The first-order valence-electron chi connectivity index (χ1n) is 8.65. The molecule has 2 aromatic rings. The summed E-state index contributed by atoms with van der Waals surface area (Å²) >= 11 is -4.91. The molecule has 0 heterocycles. The van der Waals surface area contributed by atoms with Crippen LogP contribution >= 0.6 is 0 Å². The van der Waals surface area contributed by atoms with Crippen molar-refractivity contribution in [3.8, 4) is 5.75 Å². The monoisotopic (exact) mass is 434 g/mol. The molecule has 0 aliphatic carbocycles. The van der Waals surface area contributed by atoms with Crippen LogP contribution in [0.3, 0.4) is 0 Å². The Morgan fingerprint density at radius 3 is 1.85 bits per heavy atom. The van der Waals surface area contributed by atoms with E-state index in [1.807, 2.05) is 32.9 Å². The predicted octanol–water partition coefficient (Wildman–Crippen LogP) is 3.96. The fourth-order valence-electron chi connectivity index (χ4n) is 2.53. The molecule has 3 N–H and O–H groups in total. The van der Waals surface area contributed by atoms with Gasteiger partial charge in [0.15, 0.2) is 0 Å². The molecule has 0 amide bonds. The number of nitrogens with zero attached hydrogens (tertiary/aromatic N) is 2. The molecule has 0 saturated carbocycles. The molecule has 0 aliphatic heterocycles. The maximum absolute atomic E-state index is 11.3. The van der Waals surface area contributed by atoms with E-state index in [0.717, 1.165) is 11.1 Å². The van der Waals surface area contributed by atoms with Gasteiger partial charge in [0.25, 0.3) is 0 Å². The molecule has 2 aromatic carbocycles. The summed E-state index contributed by atoms with van der Waals surface area (Å²) in [7, 11) is 0. The van der Waals surface area contributed by atoms with Crippen LogP contribution in [0.15, 0.2) is 46.6 Å². The Bertz CT molecular complexity index is 901. The zero-order chi connectivity index (χ0) is 20.6. The van der Waals surface area contributed by atoms with Gasteiger partial charge in [-0.2, -0.15) is 0 Å². The van der Waals surface area contributed by atoms with Crippen LogP contribution < -0.4 is 4.35 Å². The summed E-state index contributed by atoms with van der Waals surface area (Å²) in [4.78, 5) is 0. The van der Waals surface area contributed by atoms with Gasteiger partial charge in [-0.1, -0.05) is 0 Å². The number of aromatic hydroxyl groups is 1. The summed E-state index contributed by atoms with van der Waals surface area (Å²) < 4.78 is 29.7. The first-order valence-corrected chi connectivity index (χ1v) is 12.0. The molecule has 6 nitrogen and oxygen atoms in total. The average molecular weight is 434 g/mol. The molecule has 0 spiro atoms. The van der Waals surface area contributed by atoms with Crippen molar-refractivity contribution in [2.24, 2.45) is 10.2 Å². The first kappa shape index (κ1) is 21.4. The standard InChI is InChI=1S/C20H27AsN2O4/c1-19(2,3)13-11-16(20(4,5)6)18(24)17(12-13)23-22-15-9-7-14(8-10-15)21(25,26)27/h7-12,24H,1-6H3,(H2,25,26,27). The zero-order valence-corrected chi connectivity index (χ0v) is 18.4. The normalized spacial score (nSPS) is 13.3. The molecule has 2 rings (SSSR count). The summed E-state index contributed by atoms with van der Waals surface area (Å²) in [5.74, 6) is 0.0920. The van der Waals surface area contributed by atoms with Crippen LogP contribution in [-0.2, 0) is 14.6 Å². The third-order valence-electron chi connectivity index (χ3n) is 4.22. The van der Waals surface area contributed by atoms with E-state index >= 15 is 0 Å². The molecule has 146 valence electrons. The molecular formula is C20H27AsN2O4. The average Bonchev–Trinajstić information content (AvgIpc) is 2.51. The van der Waals surface area contributed by atoms with Crippen molar-refractivity contribution in [1.82, 2.24) is 0 Å². The summed E-state index contributed by atoms with van der Waals surface area (Å²) in [5.41, 5.74) is 2.27. The Morgan fingerprint density at radius 2 is 1.41 bits per heavy atom. The van der Waals surface area contributed by atoms with Crippen molar-refractivity contribution in [1.29, 1.82) is 0 Å². The number of phenols is 1. The molecule has 7 heteroatoms. The van der Waals surface area contributed by atoms with Crippen LogP contribution in [0.2, 0.25) is 0 Å². The number of rotatable bonds is 3. The van der Waals surface area contributed by atoms with Gasteiger partial charge in [-0.05, 0) is 0 Å². The Balaban J connectivity index is 2.48. The third kappa shape index (κ3) is 5.31. The Labute approximate surface area is 163 Å². The van der Waals surface area contributed by atoms with E-state index in [1.54, 1.807) is 0 Å². The molecule has 0 radical (unpaired) electrons. The summed E-state index contributed by atoms with van der Waals surface area (Å²) in [6.45, 7) is 12.4. The van der Waals surface area contributed by atoms with Crippen molar-refractivity contribution in [3.05, 3.63) is 47.5 Å². The molecule has 0 aromatic heterocycles. The van der Waals surface area contributed by atoms with E-state index in [2.05, 4.69) is 31.0 Å². The van der Waals surface area contributed by atoms with Gasteiger partial charge in [0.1, 0.15) is 0 Å². The van der Waals surface area contributed by atoms with Gasteiger partial charge in [-0.3, -0.25) is 0 Å². The van der Waals surface area contributed by atoms with Crippen LogP contribution in [0.5, 0.6) is 5.75 Å². The van der Waals surface area contributed by atoms with Gasteiger partial charge in [-0.25, -0.2) is 0 Å².